The molecule has 0 atom stereocenters. The van der Waals surface area contributed by atoms with Crippen molar-refractivity contribution in [2.75, 3.05) is 43.4 Å². The topological polar surface area (TPSA) is 75.2 Å². The van der Waals surface area contributed by atoms with Crippen molar-refractivity contribution in [3.8, 4) is 22.9 Å². The number of benzene rings is 1. The van der Waals surface area contributed by atoms with E-state index in [4.69, 9.17) is 14.7 Å². The van der Waals surface area contributed by atoms with Gasteiger partial charge < -0.3 is 20.3 Å². The summed E-state index contributed by atoms with van der Waals surface area (Å²) in [6.45, 7) is 4.22. The minimum atomic E-state index is 0.385. The largest absolute Gasteiger partial charge is 0.423 e. The summed E-state index contributed by atoms with van der Waals surface area (Å²) in [7, 11) is 1.97. The maximum Gasteiger partial charge on any atom is 0.324 e. The van der Waals surface area contributed by atoms with Crippen molar-refractivity contribution in [2.45, 2.75) is 12.8 Å². The molecule has 7 nitrogen and oxygen atoms in total. The van der Waals surface area contributed by atoms with E-state index in [9.17, 15) is 0 Å². The average molecular weight is 400 g/mol. The molecule has 1 aromatic carbocycles. The number of nitrogens with zero attached hydrogens (tertiary/aromatic N) is 4. The summed E-state index contributed by atoms with van der Waals surface area (Å²) in [5.41, 5.74) is 6.23. The SMILES string of the molecule is CNc1cccc2c1Cc1nc(Oc3cccnc3)nc(N3CCC4(CNC4)C3)c1-2. The van der Waals surface area contributed by atoms with Crippen LogP contribution in [0.5, 0.6) is 11.8 Å². The molecule has 0 radical (unpaired) electrons. The lowest BCUT2D eigenvalue weighted by Crippen LogP contribution is -2.54. The van der Waals surface area contributed by atoms with Crippen LogP contribution in [0.2, 0.25) is 0 Å². The van der Waals surface area contributed by atoms with Gasteiger partial charge in [0.2, 0.25) is 0 Å². The molecular weight excluding hydrogens is 376 g/mol. The van der Waals surface area contributed by atoms with Gasteiger partial charge in [-0.15, -0.1) is 0 Å². The fourth-order valence-electron chi connectivity index (χ4n) is 4.96. The van der Waals surface area contributed by atoms with E-state index in [-0.39, 0.29) is 0 Å². The molecule has 2 aliphatic heterocycles. The Morgan fingerprint density at radius 1 is 1.17 bits per heavy atom. The van der Waals surface area contributed by atoms with Gasteiger partial charge in [0.1, 0.15) is 11.6 Å². The number of hydrogen-bond acceptors (Lipinski definition) is 7. The van der Waals surface area contributed by atoms with Gasteiger partial charge in [-0.1, -0.05) is 12.1 Å². The minimum Gasteiger partial charge on any atom is -0.423 e. The number of ether oxygens (including phenoxy) is 1. The molecule has 4 heterocycles. The van der Waals surface area contributed by atoms with Crippen LogP contribution in [0.25, 0.3) is 11.1 Å². The van der Waals surface area contributed by atoms with E-state index in [2.05, 4.69) is 38.7 Å². The molecule has 1 aliphatic carbocycles. The van der Waals surface area contributed by atoms with Crippen LogP contribution in [-0.4, -0.2) is 48.2 Å². The van der Waals surface area contributed by atoms with Crippen molar-refractivity contribution in [3.63, 3.8) is 0 Å². The van der Waals surface area contributed by atoms with E-state index in [1.165, 1.54) is 17.5 Å². The van der Waals surface area contributed by atoms with Gasteiger partial charge in [0.05, 0.1) is 11.9 Å². The molecule has 2 saturated heterocycles. The van der Waals surface area contributed by atoms with Gasteiger partial charge in [-0.3, -0.25) is 4.98 Å². The zero-order valence-electron chi connectivity index (χ0n) is 17.0. The Morgan fingerprint density at radius 3 is 2.83 bits per heavy atom. The van der Waals surface area contributed by atoms with Crippen molar-refractivity contribution in [3.05, 3.63) is 54.0 Å². The summed E-state index contributed by atoms with van der Waals surface area (Å²) in [5, 5.41) is 6.77. The monoisotopic (exact) mass is 400 g/mol. The molecule has 1 spiro atoms. The van der Waals surface area contributed by atoms with Gasteiger partial charge in [-0.05, 0) is 35.7 Å². The van der Waals surface area contributed by atoms with Crippen LogP contribution in [0.3, 0.4) is 0 Å². The lowest BCUT2D eigenvalue weighted by Gasteiger charge is -2.39. The van der Waals surface area contributed by atoms with E-state index in [1.54, 1.807) is 12.4 Å². The number of pyridine rings is 1. The second kappa shape index (κ2) is 6.67. The number of rotatable bonds is 4. The maximum absolute atomic E-state index is 6.01. The number of fused-ring (bicyclic) bond motifs is 3. The second-order valence-electron chi connectivity index (χ2n) is 8.48. The first kappa shape index (κ1) is 17.7. The van der Waals surface area contributed by atoms with E-state index in [1.807, 2.05) is 19.2 Å². The summed E-state index contributed by atoms with van der Waals surface area (Å²) in [6.07, 6.45) is 5.39. The maximum atomic E-state index is 6.01. The van der Waals surface area contributed by atoms with E-state index in [0.717, 1.165) is 55.4 Å². The zero-order valence-corrected chi connectivity index (χ0v) is 17.0. The summed E-state index contributed by atoms with van der Waals surface area (Å²) in [4.78, 5) is 16.3. The van der Waals surface area contributed by atoms with Crippen LogP contribution < -0.4 is 20.3 Å². The fraction of sp³-hybridized carbons (Fsp3) is 0.348. The van der Waals surface area contributed by atoms with E-state index in [0.29, 0.717) is 17.2 Å². The molecule has 0 bridgehead atoms. The van der Waals surface area contributed by atoms with Crippen LogP contribution in [0, 0.1) is 5.41 Å². The highest BCUT2D eigenvalue weighted by Crippen LogP contribution is 2.47. The highest BCUT2D eigenvalue weighted by Gasteiger charge is 2.44. The molecule has 6 rings (SSSR count). The molecular formula is C23H24N6O. The van der Waals surface area contributed by atoms with Crippen molar-refractivity contribution in [1.29, 1.82) is 0 Å². The Bertz CT molecular complexity index is 1110. The number of hydrogen-bond donors (Lipinski definition) is 2. The summed E-state index contributed by atoms with van der Waals surface area (Å²) < 4.78 is 6.01. The Kier molecular flexibility index (Phi) is 3.92. The van der Waals surface area contributed by atoms with Crippen LogP contribution in [0.1, 0.15) is 17.7 Å². The third kappa shape index (κ3) is 2.73. The van der Waals surface area contributed by atoms with Crippen molar-refractivity contribution >= 4 is 11.5 Å². The molecule has 30 heavy (non-hydrogen) atoms. The fourth-order valence-corrected chi connectivity index (χ4v) is 4.96. The smallest absolute Gasteiger partial charge is 0.324 e. The predicted molar refractivity (Wildman–Crippen MR) is 116 cm³/mol. The highest BCUT2D eigenvalue weighted by molar-refractivity contribution is 5.88. The normalized spacial score (nSPS) is 18.1. The van der Waals surface area contributed by atoms with Crippen molar-refractivity contribution < 1.29 is 4.74 Å². The average Bonchev–Trinajstić information content (AvgIpc) is 3.36. The van der Waals surface area contributed by atoms with Gasteiger partial charge in [-0.25, -0.2) is 0 Å². The van der Waals surface area contributed by atoms with Gasteiger partial charge in [0.15, 0.2) is 0 Å². The van der Waals surface area contributed by atoms with Crippen LogP contribution in [0.15, 0.2) is 42.7 Å². The molecule has 0 saturated carbocycles. The second-order valence-corrected chi connectivity index (χ2v) is 8.48. The van der Waals surface area contributed by atoms with Gasteiger partial charge >= 0.3 is 6.01 Å². The van der Waals surface area contributed by atoms with Gasteiger partial charge in [-0.2, -0.15) is 9.97 Å². The third-order valence-electron chi connectivity index (χ3n) is 6.58. The van der Waals surface area contributed by atoms with Crippen molar-refractivity contribution in [1.82, 2.24) is 20.3 Å². The Labute approximate surface area is 175 Å². The summed E-state index contributed by atoms with van der Waals surface area (Å²) >= 11 is 0. The molecule has 2 fully saturated rings. The Morgan fingerprint density at radius 2 is 2.10 bits per heavy atom. The van der Waals surface area contributed by atoms with E-state index < -0.39 is 0 Å². The highest BCUT2D eigenvalue weighted by atomic mass is 16.5. The van der Waals surface area contributed by atoms with Crippen molar-refractivity contribution in [2.24, 2.45) is 5.41 Å². The van der Waals surface area contributed by atoms with Gasteiger partial charge in [0, 0.05) is 62.5 Å². The summed E-state index contributed by atoms with van der Waals surface area (Å²) in [6, 6.07) is 10.5. The first-order valence-corrected chi connectivity index (χ1v) is 10.5. The quantitative estimate of drug-likeness (QED) is 0.545. The predicted octanol–water partition coefficient (Wildman–Crippen LogP) is 3.08. The molecule has 3 aliphatic rings. The lowest BCUT2D eigenvalue weighted by atomic mass is 9.81. The van der Waals surface area contributed by atoms with Crippen LogP contribution in [0.4, 0.5) is 11.5 Å². The Hall–Kier alpha value is -3.19. The molecule has 0 amide bonds. The lowest BCUT2D eigenvalue weighted by molar-refractivity contribution is 0.199. The van der Waals surface area contributed by atoms with Crippen LogP contribution >= 0.6 is 0 Å². The number of aromatic nitrogens is 3. The first-order chi connectivity index (χ1) is 14.7. The Balaban J connectivity index is 1.46. The molecule has 2 aromatic heterocycles. The molecule has 7 heteroatoms. The van der Waals surface area contributed by atoms with E-state index >= 15 is 0 Å². The number of anilines is 2. The summed E-state index contributed by atoms with van der Waals surface area (Å²) in [5.74, 6) is 1.64. The molecule has 0 unspecified atom stereocenters. The molecule has 2 N–H and O–H groups in total. The minimum absolute atomic E-state index is 0.385. The first-order valence-electron chi connectivity index (χ1n) is 10.5. The zero-order chi connectivity index (χ0) is 20.1. The standard InChI is InChI=1S/C23H24N6O/c1-24-18-6-2-5-16-17(18)10-19-20(16)21(29-9-7-23(14-29)12-26-13-23)28-22(27-19)30-15-4-3-8-25-11-15/h2-6,8,11,24,26H,7,9-10,12-14H2,1H3. The van der Waals surface area contributed by atoms with Gasteiger partial charge in [0.25, 0.3) is 0 Å². The number of nitrogens with one attached hydrogen (secondary N) is 2. The third-order valence-corrected chi connectivity index (χ3v) is 6.58. The molecule has 152 valence electrons. The van der Waals surface area contributed by atoms with Crippen LogP contribution in [-0.2, 0) is 6.42 Å². The molecule has 3 aromatic rings.